The molecule has 1 aliphatic rings. The summed E-state index contributed by atoms with van der Waals surface area (Å²) in [5.41, 5.74) is 1.17. The predicted molar refractivity (Wildman–Crippen MR) is 94.4 cm³/mol. The number of sulfonamides is 1. The summed E-state index contributed by atoms with van der Waals surface area (Å²) in [5, 5.41) is 2.97. The Morgan fingerprint density at radius 3 is 2.56 bits per heavy atom. The average molecular weight is 359 g/mol. The van der Waals surface area contributed by atoms with E-state index >= 15 is 0 Å². The third-order valence-corrected chi connectivity index (χ3v) is 5.71. The lowest BCUT2D eigenvalue weighted by Gasteiger charge is -2.13. The Morgan fingerprint density at radius 1 is 1.12 bits per heavy atom. The fourth-order valence-electron chi connectivity index (χ4n) is 2.91. The molecule has 1 fully saturated rings. The summed E-state index contributed by atoms with van der Waals surface area (Å²) in [5.74, 6) is -0.224. The lowest BCUT2D eigenvalue weighted by molar-refractivity contribution is 0.0937. The highest BCUT2D eigenvalue weighted by Crippen LogP contribution is 2.19. The first-order valence-electron chi connectivity index (χ1n) is 8.34. The standard InChI is InChI=1S/C18H21N3O3S/c22-18(21-16-5-1-2-6-16)15-4-3-7-17(12-15)25(23,24)20-13-14-8-10-19-11-9-14/h3-4,7-12,16,20H,1-2,5-6,13H2,(H,21,22). The van der Waals surface area contributed by atoms with Crippen molar-refractivity contribution >= 4 is 15.9 Å². The summed E-state index contributed by atoms with van der Waals surface area (Å²) in [6.45, 7) is 0.170. The number of nitrogens with one attached hydrogen (secondary N) is 2. The highest BCUT2D eigenvalue weighted by atomic mass is 32.2. The number of carbonyl (C=O) groups is 1. The van der Waals surface area contributed by atoms with Crippen molar-refractivity contribution in [3.63, 3.8) is 0 Å². The van der Waals surface area contributed by atoms with Gasteiger partial charge in [0.2, 0.25) is 10.0 Å². The molecule has 132 valence electrons. The molecule has 0 atom stereocenters. The molecule has 6 nitrogen and oxygen atoms in total. The first kappa shape index (κ1) is 17.6. The van der Waals surface area contributed by atoms with E-state index in [-0.39, 0.29) is 23.4 Å². The topological polar surface area (TPSA) is 88.2 Å². The van der Waals surface area contributed by atoms with Crippen LogP contribution >= 0.6 is 0 Å². The minimum atomic E-state index is -3.69. The SMILES string of the molecule is O=C(NC1CCCC1)c1cccc(S(=O)(=O)NCc2ccncc2)c1. The van der Waals surface area contributed by atoms with Gasteiger partial charge in [-0.15, -0.1) is 0 Å². The van der Waals surface area contributed by atoms with E-state index in [2.05, 4.69) is 15.0 Å². The maximum atomic E-state index is 12.5. The minimum absolute atomic E-state index is 0.0839. The second-order valence-electron chi connectivity index (χ2n) is 6.16. The quantitative estimate of drug-likeness (QED) is 0.828. The lowest BCUT2D eigenvalue weighted by Crippen LogP contribution is -2.32. The molecule has 1 heterocycles. The Morgan fingerprint density at radius 2 is 1.84 bits per heavy atom. The maximum Gasteiger partial charge on any atom is 0.251 e. The molecule has 0 aliphatic heterocycles. The average Bonchev–Trinajstić information content (AvgIpc) is 3.14. The monoisotopic (exact) mass is 359 g/mol. The Balaban J connectivity index is 1.69. The van der Waals surface area contributed by atoms with Gasteiger partial charge < -0.3 is 5.32 Å². The van der Waals surface area contributed by atoms with Crippen molar-refractivity contribution in [2.45, 2.75) is 43.2 Å². The van der Waals surface area contributed by atoms with Crippen molar-refractivity contribution < 1.29 is 13.2 Å². The number of nitrogens with zero attached hydrogens (tertiary/aromatic N) is 1. The Bertz CT molecular complexity index is 832. The molecule has 1 saturated carbocycles. The molecular weight excluding hydrogens is 338 g/mol. The van der Waals surface area contributed by atoms with Crippen LogP contribution in [-0.4, -0.2) is 25.4 Å². The zero-order chi connectivity index (χ0) is 17.7. The van der Waals surface area contributed by atoms with Crippen LogP contribution in [0.3, 0.4) is 0 Å². The first-order chi connectivity index (χ1) is 12.0. The van der Waals surface area contributed by atoms with E-state index < -0.39 is 10.0 Å². The van der Waals surface area contributed by atoms with Crippen LogP contribution < -0.4 is 10.0 Å². The summed E-state index contributed by atoms with van der Waals surface area (Å²) in [6, 6.07) is 9.80. The van der Waals surface area contributed by atoms with E-state index in [1.54, 1.807) is 36.7 Å². The number of aromatic nitrogens is 1. The molecule has 0 unspecified atom stereocenters. The number of carbonyl (C=O) groups excluding carboxylic acids is 1. The second kappa shape index (κ2) is 7.76. The van der Waals surface area contributed by atoms with Crippen molar-refractivity contribution in [3.05, 3.63) is 59.9 Å². The molecule has 0 radical (unpaired) electrons. The highest BCUT2D eigenvalue weighted by Gasteiger charge is 2.20. The van der Waals surface area contributed by atoms with Gasteiger partial charge in [-0.25, -0.2) is 13.1 Å². The van der Waals surface area contributed by atoms with Gasteiger partial charge in [0.15, 0.2) is 0 Å². The molecule has 7 heteroatoms. The first-order valence-corrected chi connectivity index (χ1v) is 9.82. The summed E-state index contributed by atoms with van der Waals surface area (Å²) < 4.78 is 27.5. The van der Waals surface area contributed by atoms with Gasteiger partial charge in [0, 0.05) is 30.5 Å². The van der Waals surface area contributed by atoms with Gasteiger partial charge in [-0.2, -0.15) is 0 Å². The number of rotatable bonds is 6. The molecule has 2 aromatic rings. The summed E-state index contributed by atoms with van der Waals surface area (Å²) in [7, 11) is -3.69. The van der Waals surface area contributed by atoms with Gasteiger partial charge in [0.25, 0.3) is 5.91 Å². The van der Waals surface area contributed by atoms with Crippen molar-refractivity contribution in [1.29, 1.82) is 0 Å². The van der Waals surface area contributed by atoms with Gasteiger partial charge in [0.05, 0.1) is 4.90 Å². The molecule has 0 bridgehead atoms. The van der Waals surface area contributed by atoms with Crippen LogP contribution in [0.2, 0.25) is 0 Å². The number of hydrogen-bond acceptors (Lipinski definition) is 4. The second-order valence-corrected chi connectivity index (χ2v) is 7.93. The van der Waals surface area contributed by atoms with E-state index in [4.69, 9.17) is 0 Å². The van der Waals surface area contributed by atoms with Crippen LogP contribution in [0.4, 0.5) is 0 Å². The van der Waals surface area contributed by atoms with E-state index in [1.165, 1.54) is 12.1 Å². The van der Waals surface area contributed by atoms with Crippen molar-refractivity contribution in [3.8, 4) is 0 Å². The normalized spacial score (nSPS) is 15.2. The predicted octanol–water partition coefficient (Wildman–Crippen LogP) is 2.23. The Hall–Kier alpha value is -2.25. The number of benzene rings is 1. The van der Waals surface area contributed by atoms with Crippen molar-refractivity contribution in [2.75, 3.05) is 0 Å². The molecule has 1 aromatic heterocycles. The van der Waals surface area contributed by atoms with Crippen LogP contribution in [0.25, 0.3) is 0 Å². The maximum absolute atomic E-state index is 12.5. The molecule has 0 saturated heterocycles. The molecule has 0 spiro atoms. The number of pyridine rings is 1. The fraction of sp³-hybridized carbons (Fsp3) is 0.333. The number of amides is 1. The highest BCUT2D eigenvalue weighted by molar-refractivity contribution is 7.89. The fourth-order valence-corrected chi connectivity index (χ4v) is 3.97. The van der Waals surface area contributed by atoms with Gasteiger partial charge in [-0.1, -0.05) is 18.9 Å². The number of hydrogen-bond donors (Lipinski definition) is 2. The van der Waals surface area contributed by atoms with E-state index in [0.29, 0.717) is 5.56 Å². The van der Waals surface area contributed by atoms with Gasteiger partial charge in [-0.3, -0.25) is 9.78 Å². The minimum Gasteiger partial charge on any atom is -0.349 e. The van der Waals surface area contributed by atoms with Crippen LogP contribution in [0.1, 0.15) is 41.6 Å². The van der Waals surface area contributed by atoms with Crippen molar-refractivity contribution in [1.82, 2.24) is 15.0 Å². The van der Waals surface area contributed by atoms with Crippen LogP contribution in [-0.2, 0) is 16.6 Å². The van der Waals surface area contributed by atoms with Crippen LogP contribution in [0.5, 0.6) is 0 Å². The Labute approximate surface area is 147 Å². The van der Waals surface area contributed by atoms with Crippen molar-refractivity contribution in [2.24, 2.45) is 0 Å². The smallest absolute Gasteiger partial charge is 0.251 e. The molecule has 1 amide bonds. The summed E-state index contributed by atoms with van der Waals surface area (Å²) in [4.78, 5) is 16.3. The summed E-state index contributed by atoms with van der Waals surface area (Å²) in [6.07, 6.45) is 7.43. The van der Waals surface area contributed by atoms with Gasteiger partial charge >= 0.3 is 0 Å². The third-order valence-electron chi connectivity index (χ3n) is 4.31. The molecular formula is C18H21N3O3S. The third kappa shape index (κ3) is 4.64. The molecule has 1 aliphatic carbocycles. The lowest BCUT2D eigenvalue weighted by atomic mass is 10.2. The van der Waals surface area contributed by atoms with Gasteiger partial charge in [0.1, 0.15) is 0 Å². The largest absolute Gasteiger partial charge is 0.349 e. The molecule has 2 N–H and O–H groups in total. The molecule has 3 rings (SSSR count). The zero-order valence-electron chi connectivity index (χ0n) is 13.8. The summed E-state index contributed by atoms with van der Waals surface area (Å²) >= 11 is 0. The van der Waals surface area contributed by atoms with E-state index in [0.717, 1.165) is 31.2 Å². The Kier molecular flexibility index (Phi) is 5.45. The van der Waals surface area contributed by atoms with E-state index in [1.807, 2.05) is 0 Å². The molecule has 1 aromatic carbocycles. The van der Waals surface area contributed by atoms with Crippen LogP contribution in [0.15, 0.2) is 53.7 Å². The zero-order valence-corrected chi connectivity index (χ0v) is 14.6. The molecule has 25 heavy (non-hydrogen) atoms. The van der Waals surface area contributed by atoms with E-state index in [9.17, 15) is 13.2 Å². The van der Waals surface area contributed by atoms with Gasteiger partial charge in [-0.05, 0) is 48.7 Å². The van der Waals surface area contributed by atoms with Crippen LogP contribution in [0, 0.1) is 0 Å².